The lowest BCUT2D eigenvalue weighted by Gasteiger charge is -2.05. The monoisotopic (exact) mass is 319 g/mol. The van der Waals surface area contributed by atoms with Gasteiger partial charge < -0.3 is 9.15 Å². The normalized spacial score (nSPS) is 10.5. The Labute approximate surface area is 140 Å². The Hall–Kier alpha value is -3.06. The van der Waals surface area contributed by atoms with Crippen molar-refractivity contribution >= 4 is 16.9 Å². The fraction of sp³-hybridized carbons (Fsp3) is 0.200. The Kier molecular flexibility index (Phi) is 4.35. The number of benzene rings is 2. The van der Waals surface area contributed by atoms with E-state index in [9.17, 15) is 4.79 Å². The van der Waals surface area contributed by atoms with E-state index in [0.29, 0.717) is 5.56 Å². The van der Waals surface area contributed by atoms with E-state index in [0.717, 1.165) is 33.2 Å². The molecule has 0 saturated carbocycles. The highest BCUT2D eigenvalue weighted by atomic mass is 16.5. The lowest BCUT2D eigenvalue weighted by Crippen LogP contribution is -2.07. The van der Waals surface area contributed by atoms with Gasteiger partial charge >= 0.3 is 5.97 Å². The van der Waals surface area contributed by atoms with Crippen molar-refractivity contribution in [2.45, 2.75) is 26.9 Å². The van der Waals surface area contributed by atoms with Crippen molar-refractivity contribution in [2.75, 3.05) is 0 Å². The van der Waals surface area contributed by atoms with Gasteiger partial charge in [0.2, 0.25) is 0 Å². The van der Waals surface area contributed by atoms with Crippen LogP contribution in [0.25, 0.3) is 11.0 Å². The Bertz CT molecular complexity index is 947. The third-order valence-electron chi connectivity index (χ3n) is 4.06. The average molecular weight is 319 g/mol. The molecule has 24 heavy (non-hydrogen) atoms. The largest absolute Gasteiger partial charge is 0.464 e. The molecule has 3 aromatic rings. The fourth-order valence-electron chi connectivity index (χ4n) is 2.57. The molecule has 4 heteroatoms. The molecule has 2 aromatic carbocycles. The molecule has 0 spiro atoms. The number of aryl methyl sites for hydroxylation is 2. The van der Waals surface area contributed by atoms with E-state index in [1.165, 1.54) is 0 Å². The average Bonchev–Trinajstić information content (AvgIpc) is 2.95. The smallest absolute Gasteiger partial charge is 0.310 e. The minimum atomic E-state index is -0.321. The summed E-state index contributed by atoms with van der Waals surface area (Å²) < 4.78 is 10.8. The van der Waals surface area contributed by atoms with Crippen molar-refractivity contribution in [3.8, 4) is 6.07 Å². The number of carbonyl (C=O) groups excluding carboxylic acids is 1. The SMILES string of the molecule is Cc1cc2occ(CC(=O)OCc3cccc(C#N)c3)c2cc1C. The van der Waals surface area contributed by atoms with Gasteiger partial charge in [0.15, 0.2) is 0 Å². The van der Waals surface area contributed by atoms with Crippen molar-refractivity contribution in [2.24, 2.45) is 0 Å². The van der Waals surface area contributed by atoms with Crippen LogP contribution in [-0.2, 0) is 22.6 Å². The molecule has 0 unspecified atom stereocenters. The number of rotatable bonds is 4. The Balaban J connectivity index is 1.69. The first-order chi connectivity index (χ1) is 11.6. The van der Waals surface area contributed by atoms with Crippen LogP contribution in [0.4, 0.5) is 0 Å². The first kappa shape index (κ1) is 15.8. The van der Waals surface area contributed by atoms with Crippen LogP contribution in [0.5, 0.6) is 0 Å². The molecule has 0 amide bonds. The van der Waals surface area contributed by atoms with Crippen molar-refractivity contribution < 1.29 is 13.9 Å². The molecule has 3 rings (SSSR count). The number of fused-ring (bicyclic) bond motifs is 1. The lowest BCUT2D eigenvalue weighted by atomic mass is 10.0. The van der Waals surface area contributed by atoms with Gasteiger partial charge in [0.1, 0.15) is 12.2 Å². The zero-order chi connectivity index (χ0) is 17.1. The molecular weight excluding hydrogens is 302 g/mol. The molecule has 0 aliphatic heterocycles. The van der Waals surface area contributed by atoms with Gasteiger partial charge in [-0.15, -0.1) is 0 Å². The number of carbonyl (C=O) groups is 1. The number of nitrogens with zero attached hydrogens (tertiary/aromatic N) is 1. The summed E-state index contributed by atoms with van der Waals surface area (Å²) in [6.45, 7) is 4.22. The summed E-state index contributed by atoms with van der Waals surface area (Å²) in [5.41, 5.74) is 5.27. The minimum Gasteiger partial charge on any atom is -0.464 e. The Morgan fingerprint density at radius 2 is 2.00 bits per heavy atom. The second kappa shape index (κ2) is 6.59. The second-order valence-electron chi connectivity index (χ2n) is 5.84. The summed E-state index contributed by atoms with van der Waals surface area (Å²) in [5, 5.41) is 9.83. The van der Waals surface area contributed by atoms with Gasteiger partial charge in [-0.2, -0.15) is 5.26 Å². The molecule has 0 bridgehead atoms. The van der Waals surface area contributed by atoms with E-state index in [4.69, 9.17) is 14.4 Å². The summed E-state index contributed by atoms with van der Waals surface area (Å²) in [6, 6.07) is 13.1. The highest BCUT2D eigenvalue weighted by Gasteiger charge is 2.13. The summed E-state index contributed by atoms with van der Waals surface area (Å²) in [4.78, 5) is 12.1. The number of nitriles is 1. The Morgan fingerprint density at radius 3 is 2.79 bits per heavy atom. The Morgan fingerprint density at radius 1 is 1.21 bits per heavy atom. The standard InChI is InChI=1S/C20H17NO3/c1-13-6-18-17(12-23-19(18)7-14(13)2)9-20(22)24-11-16-5-3-4-15(8-16)10-21/h3-8,12H,9,11H2,1-2H3. The van der Waals surface area contributed by atoms with Crippen LogP contribution in [-0.4, -0.2) is 5.97 Å². The van der Waals surface area contributed by atoms with Gasteiger partial charge in [-0.3, -0.25) is 4.79 Å². The number of hydrogen-bond acceptors (Lipinski definition) is 4. The summed E-state index contributed by atoms with van der Waals surface area (Å²) in [5.74, 6) is -0.321. The molecule has 0 aliphatic rings. The van der Waals surface area contributed by atoms with Crippen LogP contribution in [0.15, 0.2) is 47.1 Å². The summed E-state index contributed by atoms with van der Waals surface area (Å²) in [7, 11) is 0. The maximum Gasteiger partial charge on any atom is 0.310 e. The number of ether oxygens (including phenoxy) is 1. The van der Waals surface area contributed by atoms with Crippen LogP contribution in [0.1, 0.15) is 27.8 Å². The van der Waals surface area contributed by atoms with Crippen LogP contribution < -0.4 is 0 Å². The molecule has 120 valence electrons. The van der Waals surface area contributed by atoms with Gasteiger partial charge in [0, 0.05) is 10.9 Å². The molecule has 0 fully saturated rings. The number of hydrogen-bond donors (Lipinski definition) is 0. The van der Waals surface area contributed by atoms with Crippen molar-refractivity contribution in [1.82, 2.24) is 0 Å². The molecule has 1 aromatic heterocycles. The van der Waals surface area contributed by atoms with Crippen LogP contribution in [0.2, 0.25) is 0 Å². The van der Waals surface area contributed by atoms with E-state index in [1.807, 2.05) is 32.0 Å². The molecule has 1 heterocycles. The van der Waals surface area contributed by atoms with Gasteiger partial charge in [-0.25, -0.2) is 0 Å². The second-order valence-corrected chi connectivity index (χ2v) is 5.84. The van der Waals surface area contributed by atoms with Gasteiger partial charge in [0.25, 0.3) is 0 Å². The minimum absolute atomic E-state index is 0.155. The lowest BCUT2D eigenvalue weighted by molar-refractivity contribution is -0.144. The number of furan rings is 1. The first-order valence-corrected chi connectivity index (χ1v) is 7.69. The highest BCUT2D eigenvalue weighted by molar-refractivity contribution is 5.86. The van der Waals surface area contributed by atoms with E-state index in [-0.39, 0.29) is 19.0 Å². The molecule has 4 nitrogen and oxygen atoms in total. The highest BCUT2D eigenvalue weighted by Crippen LogP contribution is 2.25. The molecule has 0 N–H and O–H groups in total. The molecule has 0 saturated heterocycles. The van der Waals surface area contributed by atoms with Gasteiger partial charge in [-0.05, 0) is 54.8 Å². The van der Waals surface area contributed by atoms with Crippen LogP contribution >= 0.6 is 0 Å². The van der Waals surface area contributed by atoms with Gasteiger partial charge in [0.05, 0.1) is 24.3 Å². The predicted molar refractivity (Wildman–Crippen MR) is 90.3 cm³/mol. The van der Waals surface area contributed by atoms with Crippen LogP contribution in [0, 0.1) is 25.2 Å². The molecule has 0 aliphatic carbocycles. The van der Waals surface area contributed by atoms with E-state index >= 15 is 0 Å². The van der Waals surface area contributed by atoms with E-state index in [2.05, 4.69) is 6.07 Å². The van der Waals surface area contributed by atoms with E-state index < -0.39 is 0 Å². The quantitative estimate of drug-likeness (QED) is 0.676. The first-order valence-electron chi connectivity index (χ1n) is 7.69. The zero-order valence-corrected chi connectivity index (χ0v) is 13.6. The van der Waals surface area contributed by atoms with Crippen molar-refractivity contribution in [3.05, 3.63) is 70.5 Å². The fourth-order valence-corrected chi connectivity index (χ4v) is 2.57. The maximum atomic E-state index is 12.1. The number of esters is 1. The topological polar surface area (TPSA) is 63.2 Å². The molecule has 0 atom stereocenters. The third-order valence-corrected chi connectivity index (χ3v) is 4.06. The van der Waals surface area contributed by atoms with Crippen LogP contribution in [0.3, 0.4) is 0 Å². The zero-order valence-electron chi connectivity index (χ0n) is 13.6. The van der Waals surface area contributed by atoms with Gasteiger partial charge in [-0.1, -0.05) is 12.1 Å². The van der Waals surface area contributed by atoms with Crippen molar-refractivity contribution in [3.63, 3.8) is 0 Å². The predicted octanol–water partition coefficient (Wildman–Crippen LogP) is 4.21. The molecule has 0 radical (unpaired) electrons. The maximum absolute atomic E-state index is 12.1. The third kappa shape index (κ3) is 3.31. The summed E-state index contributed by atoms with van der Waals surface area (Å²) >= 11 is 0. The van der Waals surface area contributed by atoms with E-state index in [1.54, 1.807) is 24.5 Å². The van der Waals surface area contributed by atoms with Crippen molar-refractivity contribution in [1.29, 1.82) is 5.26 Å². The summed E-state index contributed by atoms with van der Waals surface area (Å²) in [6.07, 6.45) is 1.77. The molecular formula is C20H17NO3.